The molecule has 0 rings (SSSR count). The van der Waals surface area contributed by atoms with Gasteiger partial charge in [0.05, 0.1) is 20.3 Å². The first-order valence-corrected chi connectivity index (χ1v) is 7.69. The third kappa shape index (κ3) is 26.4. The fourth-order valence-corrected chi connectivity index (χ4v) is 0.829. The lowest BCUT2D eigenvalue weighted by atomic mass is 10.4. The minimum atomic E-state index is -0.410. The zero-order valence-electron chi connectivity index (χ0n) is 16.1. The van der Waals surface area contributed by atoms with Crippen molar-refractivity contribution in [2.75, 3.05) is 47.3 Å². The molecule has 0 aliphatic rings. The topological polar surface area (TPSA) is 97.4 Å². The molecular formula is C18H30O8. The summed E-state index contributed by atoms with van der Waals surface area (Å²) in [5.74, 6) is -1.16. The summed E-state index contributed by atoms with van der Waals surface area (Å²) >= 11 is 0. The third-order valence-corrected chi connectivity index (χ3v) is 2.08. The van der Waals surface area contributed by atoms with Gasteiger partial charge in [0.25, 0.3) is 0 Å². The zero-order chi connectivity index (χ0) is 20.8. The molecule has 8 heteroatoms. The molecular weight excluding hydrogens is 344 g/mol. The Labute approximate surface area is 155 Å². The fraction of sp³-hybridized carbons (Fsp3) is 0.500. The summed E-state index contributed by atoms with van der Waals surface area (Å²) < 4.78 is 23.0. The van der Waals surface area contributed by atoms with Gasteiger partial charge in [-0.15, -0.1) is 0 Å². The van der Waals surface area contributed by atoms with Crippen molar-refractivity contribution in [1.82, 2.24) is 0 Å². The van der Waals surface area contributed by atoms with Crippen LogP contribution in [0.2, 0.25) is 0 Å². The van der Waals surface area contributed by atoms with Gasteiger partial charge in [0.2, 0.25) is 0 Å². The largest absolute Gasteiger partial charge is 0.466 e. The van der Waals surface area contributed by atoms with Crippen molar-refractivity contribution >= 4 is 17.9 Å². The first-order chi connectivity index (χ1) is 12.3. The molecule has 0 saturated carbocycles. The Morgan fingerprint density at radius 3 is 1.77 bits per heavy atom. The Bertz CT molecular complexity index is 429. The molecule has 0 aliphatic heterocycles. The molecule has 0 N–H and O–H groups in total. The molecule has 150 valence electrons. The number of hydrogen-bond donors (Lipinski definition) is 0. The molecule has 0 unspecified atom stereocenters. The lowest BCUT2D eigenvalue weighted by molar-refractivity contribution is -0.140. The molecule has 0 aromatic carbocycles. The Morgan fingerprint density at radius 1 is 0.885 bits per heavy atom. The minimum absolute atomic E-state index is 0.293. The molecule has 0 heterocycles. The highest BCUT2D eigenvalue weighted by molar-refractivity contribution is 5.86. The molecule has 0 aliphatic carbocycles. The molecule has 8 nitrogen and oxygen atoms in total. The molecule has 0 atom stereocenters. The van der Waals surface area contributed by atoms with Crippen molar-refractivity contribution in [2.45, 2.75) is 13.8 Å². The van der Waals surface area contributed by atoms with Crippen LogP contribution in [-0.4, -0.2) is 65.2 Å². The predicted octanol–water partition coefficient (Wildman–Crippen LogP) is 1.85. The van der Waals surface area contributed by atoms with Gasteiger partial charge in [-0.05, 0) is 13.8 Å². The van der Waals surface area contributed by atoms with Crippen molar-refractivity contribution in [1.29, 1.82) is 0 Å². The SMILES string of the molecule is C=C(C)C(=O)OCCOCC.C=CC(=O)OC.C=CC(=O)OCCOC. The molecule has 0 amide bonds. The van der Waals surface area contributed by atoms with Gasteiger partial charge in [-0.1, -0.05) is 19.7 Å². The molecule has 0 bridgehead atoms. The highest BCUT2D eigenvalue weighted by atomic mass is 16.6. The van der Waals surface area contributed by atoms with Crippen LogP contribution in [-0.2, 0) is 38.1 Å². The van der Waals surface area contributed by atoms with E-state index >= 15 is 0 Å². The quantitative estimate of drug-likeness (QED) is 0.247. The third-order valence-electron chi connectivity index (χ3n) is 2.08. The van der Waals surface area contributed by atoms with Crippen molar-refractivity contribution in [2.24, 2.45) is 0 Å². The van der Waals surface area contributed by atoms with Crippen molar-refractivity contribution in [3.63, 3.8) is 0 Å². The summed E-state index contributed by atoms with van der Waals surface area (Å²) in [6, 6.07) is 0. The van der Waals surface area contributed by atoms with Gasteiger partial charge in [-0.3, -0.25) is 0 Å². The Morgan fingerprint density at radius 2 is 1.42 bits per heavy atom. The average molecular weight is 374 g/mol. The van der Waals surface area contributed by atoms with E-state index < -0.39 is 11.9 Å². The van der Waals surface area contributed by atoms with Crippen LogP contribution in [0.5, 0.6) is 0 Å². The number of esters is 3. The second-order valence-electron chi connectivity index (χ2n) is 4.20. The van der Waals surface area contributed by atoms with Gasteiger partial charge in [-0.25, -0.2) is 14.4 Å². The van der Waals surface area contributed by atoms with Crippen LogP contribution in [0.15, 0.2) is 37.5 Å². The fourth-order valence-electron chi connectivity index (χ4n) is 0.829. The van der Waals surface area contributed by atoms with Crippen LogP contribution in [0.3, 0.4) is 0 Å². The van der Waals surface area contributed by atoms with E-state index in [1.165, 1.54) is 7.11 Å². The Balaban J connectivity index is -0.000000319. The normalized spacial score (nSPS) is 8.46. The number of rotatable bonds is 10. The number of hydrogen-bond acceptors (Lipinski definition) is 8. The van der Waals surface area contributed by atoms with E-state index in [1.54, 1.807) is 14.0 Å². The van der Waals surface area contributed by atoms with E-state index in [0.717, 1.165) is 12.2 Å². The van der Waals surface area contributed by atoms with Crippen LogP contribution < -0.4 is 0 Å². The van der Waals surface area contributed by atoms with E-state index in [0.29, 0.717) is 38.6 Å². The maximum atomic E-state index is 10.7. The smallest absolute Gasteiger partial charge is 0.333 e. The summed E-state index contributed by atoms with van der Waals surface area (Å²) in [7, 11) is 2.85. The van der Waals surface area contributed by atoms with Crippen molar-refractivity contribution in [3.05, 3.63) is 37.5 Å². The molecule has 0 radical (unpaired) electrons. The predicted molar refractivity (Wildman–Crippen MR) is 97.5 cm³/mol. The standard InChI is InChI=1S/C8H14O3.C6H10O3.C4H6O2/c1-4-10-5-6-11-8(9)7(2)3;1-3-6(7)9-5-4-8-2;1-3-4(5)6-2/h2,4-6H2,1,3H3;3H,1,4-5H2,2H3;3H,1H2,2H3. The lowest BCUT2D eigenvalue weighted by Gasteiger charge is -2.03. The molecule has 0 spiro atoms. The first-order valence-electron chi connectivity index (χ1n) is 7.69. The second kappa shape index (κ2) is 22.6. The van der Waals surface area contributed by atoms with Gasteiger partial charge >= 0.3 is 17.9 Å². The van der Waals surface area contributed by atoms with E-state index in [-0.39, 0.29) is 5.97 Å². The number of methoxy groups -OCH3 is 2. The van der Waals surface area contributed by atoms with Gasteiger partial charge in [-0.2, -0.15) is 0 Å². The van der Waals surface area contributed by atoms with Crippen molar-refractivity contribution in [3.8, 4) is 0 Å². The second-order valence-corrected chi connectivity index (χ2v) is 4.20. The monoisotopic (exact) mass is 374 g/mol. The van der Waals surface area contributed by atoms with Crippen LogP contribution in [0.4, 0.5) is 0 Å². The molecule has 0 saturated heterocycles. The van der Waals surface area contributed by atoms with Crippen LogP contribution in [0, 0.1) is 0 Å². The first kappa shape index (κ1) is 28.4. The minimum Gasteiger partial charge on any atom is -0.466 e. The van der Waals surface area contributed by atoms with Crippen LogP contribution >= 0.6 is 0 Å². The van der Waals surface area contributed by atoms with E-state index in [1.807, 2.05) is 6.92 Å². The van der Waals surface area contributed by atoms with E-state index in [2.05, 4.69) is 33.9 Å². The highest BCUT2D eigenvalue weighted by Crippen LogP contribution is 1.91. The summed E-state index contributed by atoms with van der Waals surface area (Å²) in [6.45, 7) is 15.4. The molecule has 0 aromatic heterocycles. The zero-order valence-corrected chi connectivity index (χ0v) is 16.1. The molecule has 26 heavy (non-hydrogen) atoms. The van der Waals surface area contributed by atoms with Crippen molar-refractivity contribution < 1.29 is 38.1 Å². The van der Waals surface area contributed by atoms with Gasteiger partial charge in [0.1, 0.15) is 13.2 Å². The summed E-state index contributed by atoms with van der Waals surface area (Å²) in [6.07, 6.45) is 2.23. The molecule has 0 aromatic rings. The summed E-state index contributed by atoms with van der Waals surface area (Å²) in [5, 5.41) is 0. The maximum Gasteiger partial charge on any atom is 0.333 e. The lowest BCUT2D eigenvalue weighted by Crippen LogP contribution is -2.10. The number of carbonyl (C=O) groups is 3. The van der Waals surface area contributed by atoms with E-state index in [9.17, 15) is 14.4 Å². The molecule has 0 fully saturated rings. The van der Waals surface area contributed by atoms with Gasteiger partial charge in [0.15, 0.2) is 0 Å². The number of ether oxygens (including phenoxy) is 5. The maximum absolute atomic E-state index is 10.7. The van der Waals surface area contributed by atoms with Gasteiger partial charge in [0, 0.05) is 31.4 Å². The van der Waals surface area contributed by atoms with Crippen LogP contribution in [0.1, 0.15) is 13.8 Å². The summed E-state index contributed by atoms with van der Waals surface area (Å²) in [4.78, 5) is 30.9. The Hall–Kier alpha value is -2.45. The Kier molecular flexibility index (Phi) is 24.6. The number of carbonyl (C=O) groups excluding carboxylic acids is 3. The van der Waals surface area contributed by atoms with Gasteiger partial charge < -0.3 is 23.7 Å². The summed E-state index contributed by atoms with van der Waals surface area (Å²) in [5.41, 5.74) is 0.418. The van der Waals surface area contributed by atoms with Crippen LogP contribution in [0.25, 0.3) is 0 Å². The van der Waals surface area contributed by atoms with E-state index in [4.69, 9.17) is 9.47 Å². The highest BCUT2D eigenvalue weighted by Gasteiger charge is 2.00. The average Bonchev–Trinajstić information content (AvgIpc) is 2.65.